The molecule has 0 aromatic rings. The molecule has 0 saturated heterocycles. The molecule has 1 heterocycles. The summed E-state index contributed by atoms with van der Waals surface area (Å²) in [6, 6.07) is 0. The Morgan fingerprint density at radius 2 is 2.33 bits per heavy atom. The molecule has 1 aliphatic rings. The summed E-state index contributed by atoms with van der Waals surface area (Å²) in [6.07, 6.45) is 5.06. The molecule has 0 bridgehead atoms. The van der Waals surface area contributed by atoms with Crippen LogP contribution in [0.3, 0.4) is 0 Å². The Balaban J connectivity index is 2.63. The van der Waals surface area contributed by atoms with Crippen LogP contribution in [0.15, 0.2) is 9.84 Å². The Kier molecular flexibility index (Phi) is 3.87. The molecule has 0 aromatic carbocycles. The van der Waals surface area contributed by atoms with Crippen LogP contribution in [0.25, 0.3) is 0 Å². The molecule has 12 heavy (non-hydrogen) atoms. The predicted molar refractivity (Wildman–Crippen MR) is 60.2 cm³/mol. The summed E-state index contributed by atoms with van der Waals surface area (Å²) in [6.45, 7) is 6.72. The van der Waals surface area contributed by atoms with Crippen molar-refractivity contribution in [2.75, 3.05) is 0 Å². The van der Waals surface area contributed by atoms with E-state index in [2.05, 4.69) is 49.4 Å². The summed E-state index contributed by atoms with van der Waals surface area (Å²) in [5.41, 5.74) is 0. The number of allylic oxidation sites excluding steroid dienone is 1. The molecule has 0 saturated carbocycles. The summed E-state index contributed by atoms with van der Waals surface area (Å²) in [5.74, 6) is 1.36. The van der Waals surface area contributed by atoms with Gasteiger partial charge in [-0.15, -0.1) is 0 Å². The van der Waals surface area contributed by atoms with Gasteiger partial charge in [-0.05, 0) is 53.3 Å². The number of hydrogen-bond acceptors (Lipinski definition) is 1. The first-order chi connectivity index (χ1) is 5.65. The third kappa shape index (κ3) is 2.38. The molecular weight excluding hydrogens is 263 g/mol. The lowest BCUT2D eigenvalue weighted by atomic mass is 9.87. The van der Waals surface area contributed by atoms with Crippen molar-refractivity contribution in [2.24, 2.45) is 11.8 Å². The molecule has 70 valence electrons. The van der Waals surface area contributed by atoms with Gasteiger partial charge in [-0.2, -0.15) is 0 Å². The maximum Gasteiger partial charge on any atom is 0.153 e. The number of ether oxygens (including phenoxy) is 1. The van der Waals surface area contributed by atoms with Crippen LogP contribution in [0.2, 0.25) is 0 Å². The van der Waals surface area contributed by atoms with E-state index in [-0.39, 0.29) is 0 Å². The Hall–Kier alpha value is 0.270. The van der Waals surface area contributed by atoms with Gasteiger partial charge in [0.15, 0.2) is 3.77 Å². The van der Waals surface area contributed by atoms with Gasteiger partial charge in [0.1, 0.15) is 6.10 Å². The van der Waals surface area contributed by atoms with Crippen LogP contribution >= 0.6 is 22.6 Å². The second kappa shape index (κ2) is 4.49. The maximum atomic E-state index is 5.80. The zero-order chi connectivity index (χ0) is 9.14. The fraction of sp³-hybridized carbons (Fsp3) is 0.800. The Bertz CT molecular complexity index is 175. The monoisotopic (exact) mass is 280 g/mol. The smallest absolute Gasteiger partial charge is 0.153 e. The van der Waals surface area contributed by atoms with Crippen molar-refractivity contribution < 1.29 is 4.74 Å². The van der Waals surface area contributed by atoms with Crippen LogP contribution in [0.5, 0.6) is 0 Å². The van der Waals surface area contributed by atoms with Gasteiger partial charge in [-0.3, -0.25) is 0 Å². The normalized spacial score (nSPS) is 29.9. The zero-order valence-electron chi connectivity index (χ0n) is 8.01. The molecule has 0 aliphatic carbocycles. The SMILES string of the molecule is CCC1CC=C(I)OC1C(C)C. The molecular formula is C10H17IO. The van der Waals surface area contributed by atoms with Crippen LogP contribution in [-0.4, -0.2) is 6.10 Å². The van der Waals surface area contributed by atoms with E-state index < -0.39 is 0 Å². The minimum absolute atomic E-state index is 0.437. The quantitative estimate of drug-likeness (QED) is 0.700. The third-order valence-electron chi connectivity index (χ3n) is 2.48. The molecule has 0 spiro atoms. The molecule has 2 unspecified atom stereocenters. The first-order valence-electron chi connectivity index (χ1n) is 4.67. The van der Waals surface area contributed by atoms with Crippen LogP contribution < -0.4 is 0 Å². The molecule has 1 rings (SSSR count). The molecule has 2 atom stereocenters. The molecule has 1 aliphatic heterocycles. The van der Waals surface area contributed by atoms with Crippen molar-refractivity contribution in [1.82, 2.24) is 0 Å². The van der Waals surface area contributed by atoms with Gasteiger partial charge in [0, 0.05) is 0 Å². The zero-order valence-corrected chi connectivity index (χ0v) is 10.2. The summed E-state index contributed by atoms with van der Waals surface area (Å²) in [5, 5.41) is 0. The lowest BCUT2D eigenvalue weighted by Gasteiger charge is -2.32. The highest BCUT2D eigenvalue weighted by Gasteiger charge is 2.27. The minimum Gasteiger partial charge on any atom is -0.484 e. The summed E-state index contributed by atoms with van der Waals surface area (Å²) < 4.78 is 6.88. The van der Waals surface area contributed by atoms with Crippen LogP contribution in [-0.2, 0) is 4.74 Å². The van der Waals surface area contributed by atoms with E-state index in [1.165, 1.54) is 12.8 Å². The fourth-order valence-electron chi connectivity index (χ4n) is 1.73. The van der Waals surface area contributed by atoms with Gasteiger partial charge in [0.25, 0.3) is 0 Å². The van der Waals surface area contributed by atoms with E-state index in [0.717, 1.165) is 9.68 Å². The van der Waals surface area contributed by atoms with E-state index >= 15 is 0 Å². The van der Waals surface area contributed by atoms with Gasteiger partial charge in [-0.25, -0.2) is 0 Å². The average Bonchev–Trinajstić information content (AvgIpc) is 2.04. The molecule has 0 radical (unpaired) electrons. The van der Waals surface area contributed by atoms with Crippen molar-refractivity contribution in [3.05, 3.63) is 9.84 Å². The summed E-state index contributed by atoms with van der Waals surface area (Å²) >= 11 is 2.27. The fourth-order valence-corrected chi connectivity index (χ4v) is 2.28. The first kappa shape index (κ1) is 10.4. The predicted octanol–water partition coefficient (Wildman–Crippen LogP) is 3.73. The van der Waals surface area contributed by atoms with E-state index in [1.54, 1.807) is 0 Å². The molecule has 0 amide bonds. The standard InChI is InChI=1S/C10H17IO/c1-4-8-5-6-9(11)12-10(8)7(2)3/h6-8,10H,4-5H2,1-3H3. The molecule has 0 N–H and O–H groups in total. The highest BCUT2D eigenvalue weighted by atomic mass is 127. The van der Waals surface area contributed by atoms with Gasteiger partial charge in [0.2, 0.25) is 0 Å². The van der Waals surface area contributed by atoms with Crippen molar-refractivity contribution >= 4 is 22.6 Å². The Morgan fingerprint density at radius 3 is 2.83 bits per heavy atom. The van der Waals surface area contributed by atoms with Crippen molar-refractivity contribution in [2.45, 2.75) is 39.7 Å². The Labute approximate surface area is 88.7 Å². The largest absolute Gasteiger partial charge is 0.484 e. The van der Waals surface area contributed by atoms with Crippen molar-refractivity contribution in [3.63, 3.8) is 0 Å². The highest BCUT2D eigenvalue weighted by Crippen LogP contribution is 2.32. The van der Waals surface area contributed by atoms with Gasteiger partial charge in [0.05, 0.1) is 0 Å². The van der Waals surface area contributed by atoms with Crippen LogP contribution in [0, 0.1) is 11.8 Å². The van der Waals surface area contributed by atoms with E-state index in [0.29, 0.717) is 12.0 Å². The van der Waals surface area contributed by atoms with E-state index in [9.17, 15) is 0 Å². The van der Waals surface area contributed by atoms with Crippen molar-refractivity contribution in [3.8, 4) is 0 Å². The van der Waals surface area contributed by atoms with E-state index in [1.807, 2.05) is 0 Å². The summed E-state index contributed by atoms with van der Waals surface area (Å²) in [4.78, 5) is 0. The number of halogens is 1. The highest BCUT2D eigenvalue weighted by molar-refractivity contribution is 14.1. The second-order valence-electron chi connectivity index (χ2n) is 3.74. The average molecular weight is 280 g/mol. The van der Waals surface area contributed by atoms with Gasteiger partial charge < -0.3 is 4.74 Å². The lowest BCUT2D eigenvalue weighted by Crippen LogP contribution is -2.30. The lowest BCUT2D eigenvalue weighted by molar-refractivity contribution is 0.0302. The minimum atomic E-state index is 0.437. The molecule has 0 aromatic heterocycles. The molecule has 2 heteroatoms. The molecule has 0 fully saturated rings. The van der Waals surface area contributed by atoms with E-state index in [4.69, 9.17) is 4.74 Å². The van der Waals surface area contributed by atoms with Crippen molar-refractivity contribution in [1.29, 1.82) is 0 Å². The first-order valence-corrected chi connectivity index (χ1v) is 5.75. The number of hydrogen-bond donors (Lipinski definition) is 0. The Morgan fingerprint density at radius 1 is 1.67 bits per heavy atom. The topological polar surface area (TPSA) is 9.23 Å². The maximum absolute atomic E-state index is 5.80. The second-order valence-corrected chi connectivity index (χ2v) is 4.80. The summed E-state index contributed by atoms with van der Waals surface area (Å²) in [7, 11) is 0. The van der Waals surface area contributed by atoms with Crippen LogP contribution in [0.4, 0.5) is 0 Å². The third-order valence-corrected chi connectivity index (χ3v) is 3.17. The van der Waals surface area contributed by atoms with Gasteiger partial charge >= 0.3 is 0 Å². The number of rotatable bonds is 2. The molecule has 1 nitrogen and oxygen atoms in total. The van der Waals surface area contributed by atoms with Crippen LogP contribution in [0.1, 0.15) is 33.6 Å². The van der Waals surface area contributed by atoms with Gasteiger partial charge in [-0.1, -0.05) is 20.8 Å².